The van der Waals surface area contributed by atoms with Crippen LogP contribution in [0.2, 0.25) is 5.02 Å². The Morgan fingerprint density at radius 3 is 2.68 bits per heavy atom. The highest BCUT2D eigenvalue weighted by atomic mass is 35.5. The Morgan fingerprint density at radius 2 is 2.16 bits per heavy atom. The van der Waals surface area contributed by atoms with Crippen LogP contribution in [-0.2, 0) is 14.8 Å². The van der Waals surface area contributed by atoms with E-state index in [9.17, 15) is 8.42 Å². The van der Waals surface area contributed by atoms with Crippen molar-refractivity contribution in [3.63, 3.8) is 0 Å². The molecule has 1 heterocycles. The first-order chi connectivity index (χ1) is 8.96. The third kappa shape index (κ3) is 3.17. The molecule has 0 aliphatic heterocycles. The summed E-state index contributed by atoms with van der Waals surface area (Å²) in [6.45, 7) is 0. The fraction of sp³-hybridized carbons (Fsp3) is 0.545. The molecule has 0 bridgehead atoms. The fourth-order valence-corrected chi connectivity index (χ4v) is 3.45. The monoisotopic (exact) mass is 305 g/mol. The molecule has 0 atom stereocenters. The van der Waals surface area contributed by atoms with Crippen LogP contribution in [0.4, 0.5) is 5.82 Å². The molecule has 106 valence electrons. The molecule has 2 N–H and O–H groups in total. The molecular weight excluding hydrogens is 290 g/mol. The van der Waals surface area contributed by atoms with Crippen LogP contribution in [0.5, 0.6) is 0 Å². The minimum atomic E-state index is -3.58. The molecule has 0 saturated heterocycles. The summed E-state index contributed by atoms with van der Waals surface area (Å²) < 4.78 is 31.9. The van der Waals surface area contributed by atoms with Crippen LogP contribution in [0.3, 0.4) is 0 Å². The number of nitrogens with zero attached hydrogens (tertiary/aromatic N) is 1. The van der Waals surface area contributed by atoms with E-state index in [4.69, 9.17) is 16.3 Å². The molecule has 8 heteroatoms. The number of rotatable bonds is 5. The van der Waals surface area contributed by atoms with Gasteiger partial charge in [-0.3, -0.25) is 0 Å². The maximum absolute atomic E-state index is 12.1. The molecule has 6 nitrogen and oxygen atoms in total. The van der Waals surface area contributed by atoms with Crippen molar-refractivity contribution in [3.8, 4) is 0 Å². The minimum Gasteiger partial charge on any atom is -0.381 e. The van der Waals surface area contributed by atoms with Crippen molar-refractivity contribution in [2.75, 3.05) is 19.5 Å². The van der Waals surface area contributed by atoms with E-state index in [0.29, 0.717) is 18.7 Å². The van der Waals surface area contributed by atoms with Crippen molar-refractivity contribution in [2.45, 2.75) is 29.9 Å². The minimum absolute atomic E-state index is 0.0670. The van der Waals surface area contributed by atoms with Crippen LogP contribution in [0.1, 0.15) is 12.8 Å². The van der Waals surface area contributed by atoms with Gasteiger partial charge in [0.2, 0.25) is 10.0 Å². The zero-order valence-electron chi connectivity index (χ0n) is 10.7. The number of halogens is 1. The first-order valence-corrected chi connectivity index (χ1v) is 7.71. The van der Waals surface area contributed by atoms with Gasteiger partial charge >= 0.3 is 0 Å². The summed E-state index contributed by atoms with van der Waals surface area (Å²) in [5.74, 6) is 0.448. The van der Waals surface area contributed by atoms with E-state index in [1.165, 1.54) is 12.3 Å². The van der Waals surface area contributed by atoms with Gasteiger partial charge in [0.05, 0.1) is 11.1 Å². The van der Waals surface area contributed by atoms with Crippen LogP contribution in [0, 0.1) is 0 Å². The highest BCUT2D eigenvalue weighted by Gasteiger charge is 2.32. The second-order valence-electron chi connectivity index (χ2n) is 4.40. The Kier molecular flexibility index (Phi) is 4.29. The summed E-state index contributed by atoms with van der Waals surface area (Å²) in [4.78, 5) is 4.03. The molecule has 19 heavy (non-hydrogen) atoms. The summed E-state index contributed by atoms with van der Waals surface area (Å²) in [6, 6.07) is 1.30. The van der Waals surface area contributed by atoms with Crippen molar-refractivity contribution in [1.29, 1.82) is 0 Å². The lowest BCUT2D eigenvalue weighted by Gasteiger charge is -2.34. The highest BCUT2D eigenvalue weighted by molar-refractivity contribution is 7.89. The molecule has 0 radical (unpaired) electrons. The summed E-state index contributed by atoms with van der Waals surface area (Å²) in [7, 11) is -0.293. The lowest BCUT2D eigenvalue weighted by molar-refractivity contribution is 0.0236. The summed E-state index contributed by atoms with van der Waals surface area (Å²) in [5.41, 5.74) is 0. The van der Waals surface area contributed by atoms with E-state index in [-0.39, 0.29) is 22.1 Å². The zero-order valence-corrected chi connectivity index (χ0v) is 12.3. The Hall–Kier alpha value is -0.890. The summed E-state index contributed by atoms with van der Waals surface area (Å²) in [5, 5.41) is 3.05. The number of aromatic nitrogens is 1. The van der Waals surface area contributed by atoms with Crippen LogP contribution in [-0.4, -0.2) is 39.7 Å². The van der Waals surface area contributed by atoms with Crippen LogP contribution in [0.15, 0.2) is 17.2 Å². The second-order valence-corrected chi connectivity index (χ2v) is 6.52. The molecule has 0 spiro atoms. The topological polar surface area (TPSA) is 80.3 Å². The Bertz CT molecular complexity index is 558. The number of hydrogen-bond acceptors (Lipinski definition) is 5. The second kappa shape index (κ2) is 5.62. The first kappa shape index (κ1) is 14.5. The van der Waals surface area contributed by atoms with Crippen molar-refractivity contribution < 1.29 is 13.2 Å². The van der Waals surface area contributed by atoms with Gasteiger partial charge in [-0.25, -0.2) is 18.1 Å². The van der Waals surface area contributed by atoms with Gasteiger partial charge in [0.15, 0.2) is 0 Å². The predicted molar refractivity (Wildman–Crippen MR) is 72.9 cm³/mol. The highest BCUT2D eigenvalue weighted by Crippen LogP contribution is 2.26. The number of nitrogens with one attached hydrogen (secondary N) is 2. The van der Waals surface area contributed by atoms with Gasteiger partial charge in [0.25, 0.3) is 0 Å². The van der Waals surface area contributed by atoms with Gasteiger partial charge in [0.1, 0.15) is 10.7 Å². The van der Waals surface area contributed by atoms with Crippen molar-refractivity contribution >= 4 is 27.4 Å². The van der Waals surface area contributed by atoms with E-state index >= 15 is 0 Å². The number of ether oxygens (including phenoxy) is 1. The van der Waals surface area contributed by atoms with Crippen LogP contribution in [0.25, 0.3) is 0 Å². The Morgan fingerprint density at radius 1 is 1.47 bits per heavy atom. The van der Waals surface area contributed by atoms with Gasteiger partial charge in [-0.15, -0.1) is 0 Å². The van der Waals surface area contributed by atoms with Gasteiger partial charge in [-0.2, -0.15) is 0 Å². The van der Waals surface area contributed by atoms with Gasteiger partial charge in [-0.1, -0.05) is 11.6 Å². The van der Waals surface area contributed by atoms with E-state index in [1.54, 1.807) is 14.2 Å². The van der Waals surface area contributed by atoms with E-state index in [0.717, 1.165) is 0 Å². The molecule has 0 unspecified atom stereocenters. The molecular formula is C11H16ClN3O3S. The fourth-order valence-electron chi connectivity index (χ4n) is 1.89. The van der Waals surface area contributed by atoms with E-state index in [2.05, 4.69) is 15.0 Å². The lowest BCUT2D eigenvalue weighted by atomic mass is 9.90. The van der Waals surface area contributed by atoms with Crippen molar-refractivity contribution in [2.24, 2.45) is 0 Å². The Balaban J connectivity index is 2.09. The first-order valence-electron chi connectivity index (χ1n) is 5.84. The molecule has 1 aliphatic carbocycles. The van der Waals surface area contributed by atoms with Crippen LogP contribution < -0.4 is 10.0 Å². The molecule has 1 fully saturated rings. The molecule has 1 saturated carbocycles. The predicted octanol–water partition coefficient (Wildman–Crippen LogP) is 1.23. The summed E-state index contributed by atoms with van der Waals surface area (Å²) in [6.07, 6.45) is 2.80. The molecule has 1 aromatic rings. The number of methoxy groups -OCH3 is 1. The average Bonchev–Trinajstić information content (AvgIpc) is 2.33. The van der Waals surface area contributed by atoms with Gasteiger partial charge in [-0.05, 0) is 18.9 Å². The Labute approximate surface area is 117 Å². The SMILES string of the molecule is CNc1ncc(S(=O)(=O)NC2CC(OC)C2)cc1Cl. The smallest absolute Gasteiger partial charge is 0.242 e. The third-order valence-electron chi connectivity index (χ3n) is 3.11. The number of hydrogen-bond donors (Lipinski definition) is 2. The standard InChI is InChI=1S/C11H16ClN3O3S/c1-13-11-10(12)5-9(6-14-11)19(16,17)15-7-3-8(4-7)18-2/h5-8,15H,3-4H2,1-2H3,(H,13,14). The summed E-state index contributed by atoms with van der Waals surface area (Å²) >= 11 is 5.93. The van der Waals surface area contributed by atoms with E-state index in [1.807, 2.05) is 0 Å². The zero-order chi connectivity index (χ0) is 14.0. The lowest BCUT2D eigenvalue weighted by Crippen LogP contribution is -2.47. The van der Waals surface area contributed by atoms with Gasteiger partial charge < -0.3 is 10.1 Å². The maximum Gasteiger partial charge on any atom is 0.242 e. The van der Waals surface area contributed by atoms with Crippen LogP contribution >= 0.6 is 11.6 Å². The average molecular weight is 306 g/mol. The maximum atomic E-state index is 12.1. The molecule has 0 aromatic carbocycles. The van der Waals surface area contributed by atoms with Crippen molar-refractivity contribution in [1.82, 2.24) is 9.71 Å². The molecule has 0 amide bonds. The van der Waals surface area contributed by atoms with E-state index < -0.39 is 10.0 Å². The van der Waals surface area contributed by atoms with Crippen molar-refractivity contribution in [3.05, 3.63) is 17.3 Å². The quantitative estimate of drug-likeness (QED) is 0.855. The number of anilines is 1. The normalized spacial score (nSPS) is 22.9. The van der Waals surface area contributed by atoms with Gasteiger partial charge in [0, 0.05) is 26.4 Å². The molecule has 2 rings (SSSR count). The number of sulfonamides is 1. The molecule has 1 aliphatic rings. The largest absolute Gasteiger partial charge is 0.381 e. The number of pyridine rings is 1. The third-order valence-corrected chi connectivity index (χ3v) is 4.89. The molecule has 1 aromatic heterocycles.